The van der Waals surface area contributed by atoms with Gasteiger partial charge in [0.05, 0.1) is 22.5 Å². The molecule has 3 aromatic rings. The van der Waals surface area contributed by atoms with Gasteiger partial charge in [-0.1, -0.05) is 17.7 Å². The molecule has 1 aromatic heterocycles. The Balaban J connectivity index is 1.73. The number of carbonyl (C=O) groups excluding carboxylic acids is 1. The van der Waals surface area contributed by atoms with Crippen LogP contribution < -0.4 is 5.32 Å². The lowest BCUT2D eigenvalue weighted by atomic mass is 10.1. The minimum Gasteiger partial charge on any atom is -0.342 e. The summed E-state index contributed by atoms with van der Waals surface area (Å²) in [5.74, 6) is 0.121. The quantitative estimate of drug-likeness (QED) is 0.771. The van der Waals surface area contributed by atoms with Crippen molar-refractivity contribution in [2.75, 3.05) is 5.32 Å². The molecule has 22 heavy (non-hydrogen) atoms. The van der Waals surface area contributed by atoms with Gasteiger partial charge in [0, 0.05) is 5.69 Å². The molecular weight excluding hydrogens is 305 g/mol. The number of anilines is 1. The number of carbonyl (C=O) groups is 1. The van der Waals surface area contributed by atoms with Crippen molar-refractivity contribution in [3.63, 3.8) is 0 Å². The van der Waals surface area contributed by atoms with Gasteiger partial charge in [0.25, 0.3) is 0 Å². The van der Waals surface area contributed by atoms with Crippen LogP contribution in [0.25, 0.3) is 11.0 Å². The molecule has 1 amide bonds. The Kier molecular flexibility index (Phi) is 3.81. The molecule has 0 spiro atoms. The maximum Gasteiger partial charge on any atom is 0.228 e. The van der Waals surface area contributed by atoms with Crippen molar-refractivity contribution in [2.45, 2.75) is 13.3 Å². The van der Waals surface area contributed by atoms with Gasteiger partial charge in [0.15, 0.2) is 0 Å². The molecule has 0 bridgehead atoms. The number of nitrogens with zero attached hydrogens (tertiary/aromatic N) is 1. The Morgan fingerprint density at radius 1 is 1.32 bits per heavy atom. The molecule has 3 rings (SSSR count). The van der Waals surface area contributed by atoms with Gasteiger partial charge in [0.2, 0.25) is 5.91 Å². The van der Waals surface area contributed by atoms with E-state index in [-0.39, 0.29) is 17.4 Å². The summed E-state index contributed by atoms with van der Waals surface area (Å²) in [5, 5.41) is 2.67. The first kappa shape index (κ1) is 14.5. The summed E-state index contributed by atoms with van der Waals surface area (Å²) in [7, 11) is 0. The number of nitrogens with one attached hydrogen (secondary N) is 2. The van der Waals surface area contributed by atoms with Crippen molar-refractivity contribution < 1.29 is 9.18 Å². The fourth-order valence-corrected chi connectivity index (χ4v) is 2.44. The molecule has 2 N–H and O–H groups in total. The van der Waals surface area contributed by atoms with Crippen LogP contribution >= 0.6 is 11.6 Å². The average molecular weight is 318 g/mol. The van der Waals surface area contributed by atoms with E-state index in [2.05, 4.69) is 15.3 Å². The zero-order chi connectivity index (χ0) is 15.7. The predicted octanol–water partition coefficient (Wildman–Crippen LogP) is 3.85. The number of hydrogen-bond acceptors (Lipinski definition) is 2. The lowest BCUT2D eigenvalue weighted by molar-refractivity contribution is -0.115. The van der Waals surface area contributed by atoms with Crippen LogP contribution in [0, 0.1) is 12.7 Å². The van der Waals surface area contributed by atoms with Crippen LogP contribution in [0.5, 0.6) is 0 Å². The highest BCUT2D eigenvalue weighted by molar-refractivity contribution is 6.31. The summed E-state index contributed by atoms with van der Waals surface area (Å²) in [6.45, 7) is 1.88. The molecule has 112 valence electrons. The van der Waals surface area contributed by atoms with Crippen LogP contribution in [0.2, 0.25) is 5.02 Å². The molecule has 0 aliphatic carbocycles. The summed E-state index contributed by atoms with van der Waals surface area (Å²) in [5.41, 5.74) is 3.09. The van der Waals surface area contributed by atoms with E-state index in [0.717, 1.165) is 22.4 Å². The maximum absolute atomic E-state index is 13.1. The molecular formula is C16H13ClFN3O. The summed E-state index contributed by atoms with van der Waals surface area (Å²) < 4.78 is 13.1. The second-order valence-corrected chi connectivity index (χ2v) is 5.43. The molecule has 0 fully saturated rings. The monoisotopic (exact) mass is 317 g/mol. The standard InChI is InChI=1S/C16H13ClFN3O/c1-9-19-14-5-2-10(6-15(14)20-9)7-16(22)21-11-3-4-13(18)12(17)8-11/h2-6,8H,7H2,1H3,(H,19,20)(H,21,22). The Labute approximate surface area is 131 Å². The van der Waals surface area contributed by atoms with Crippen LogP contribution in [-0.2, 0) is 11.2 Å². The third-order valence-electron chi connectivity index (χ3n) is 3.23. The van der Waals surface area contributed by atoms with Crippen LogP contribution in [0.4, 0.5) is 10.1 Å². The van der Waals surface area contributed by atoms with E-state index < -0.39 is 5.82 Å². The van der Waals surface area contributed by atoms with Gasteiger partial charge in [-0.3, -0.25) is 4.79 Å². The topological polar surface area (TPSA) is 57.8 Å². The lowest BCUT2D eigenvalue weighted by Gasteiger charge is -2.06. The zero-order valence-electron chi connectivity index (χ0n) is 11.8. The number of H-pyrrole nitrogens is 1. The van der Waals surface area contributed by atoms with E-state index in [4.69, 9.17) is 11.6 Å². The number of aromatic amines is 1. The minimum atomic E-state index is -0.514. The second kappa shape index (κ2) is 5.77. The smallest absolute Gasteiger partial charge is 0.228 e. The molecule has 2 aromatic carbocycles. The number of rotatable bonds is 3. The number of amides is 1. The van der Waals surface area contributed by atoms with Crippen molar-refractivity contribution in [3.8, 4) is 0 Å². The van der Waals surface area contributed by atoms with Crippen molar-refractivity contribution >= 4 is 34.2 Å². The highest BCUT2D eigenvalue weighted by Gasteiger charge is 2.08. The third kappa shape index (κ3) is 3.09. The summed E-state index contributed by atoms with van der Waals surface area (Å²) in [4.78, 5) is 19.5. The van der Waals surface area contributed by atoms with Gasteiger partial charge in [-0.05, 0) is 42.8 Å². The summed E-state index contributed by atoms with van der Waals surface area (Å²) in [6.07, 6.45) is 0.211. The molecule has 0 aliphatic rings. The van der Waals surface area contributed by atoms with Crippen molar-refractivity contribution in [1.29, 1.82) is 0 Å². The Morgan fingerprint density at radius 2 is 2.14 bits per heavy atom. The molecule has 0 aliphatic heterocycles. The number of aryl methyl sites for hydroxylation is 1. The SMILES string of the molecule is Cc1nc2ccc(CC(=O)Nc3ccc(F)c(Cl)c3)cc2[nH]1. The van der Waals surface area contributed by atoms with Gasteiger partial charge in [0.1, 0.15) is 11.6 Å². The molecule has 6 heteroatoms. The van der Waals surface area contributed by atoms with Crippen LogP contribution in [0.1, 0.15) is 11.4 Å². The highest BCUT2D eigenvalue weighted by Crippen LogP contribution is 2.20. The molecule has 0 unspecified atom stereocenters. The van der Waals surface area contributed by atoms with E-state index in [1.807, 2.05) is 25.1 Å². The molecule has 0 atom stereocenters. The number of benzene rings is 2. The van der Waals surface area contributed by atoms with E-state index in [9.17, 15) is 9.18 Å². The van der Waals surface area contributed by atoms with Gasteiger partial charge in [-0.15, -0.1) is 0 Å². The fraction of sp³-hybridized carbons (Fsp3) is 0.125. The van der Waals surface area contributed by atoms with Crippen LogP contribution in [0.15, 0.2) is 36.4 Å². The van der Waals surface area contributed by atoms with Crippen molar-refractivity contribution in [2.24, 2.45) is 0 Å². The molecule has 0 radical (unpaired) electrons. The number of imidazole rings is 1. The van der Waals surface area contributed by atoms with Gasteiger partial charge >= 0.3 is 0 Å². The summed E-state index contributed by atoms with van der Waals surface area (Å²) >= 11 is 5.69. The third-order valence-corrected chi connectivity index (χ3v) is 3.52. The van der Waals surface area contributed by atoms with E-state index in [0.29, 0.717) is 5.69 Å². The van der Waals surface area contributed by atoms with Gasteiger partial charge < -0.3 is 10.3 Å². The van der Waals surface area contributed by atoms with E-state index in [1.54, 1.807) is 0 Å². The number of aromatic nitrogens is 2. The molecule has 0 saturated heterocycles. The average Bonchev–Trinajstić information content (AvgIpc) is 2.82. The highest BCUT2D eigenvalue weighted by atomic mass is 35.5. The van der Waals surface area contributed by atoms with Gasteiger partial charge in [-0.25, -0.2) is 9.37 Å². The van der Waals surface area contributed by atoms with Crippen molar-refractivity contribution in [3.05, 3.63) is 58.6 Å². The van der Waals surface area contributed by atoms with Crippen LogP contribution in [-0.4, -0.2) is 15.9 Å². The van der Waals surface area contributed by atoms with Crippen LogP contribution in [0.3, 0.4) is 0 Å². The van der Waals surface area contributed by atoms with E-state index >= 15 is 0 Å². The van der Waals surface area contributed by atoms with E-state index in [1.165, 1.54) is 18.2 Å². The number of fused-ring (bicyclic) bond motifs is 1. The number of hydrogen-bond donors (Lipinski definition) is 2. The summed E-state index contributed by atoms with van der Waals surface area (Å²) in [6, 6.07) is 9.71. The number of halogens is 2. The Bertz CT molecular complexity index is 860. The first-order valence-electron chi connectivity index (χ1n) is 6.71. The molecule has 1 heterocycles. The largest absolute Gasteiger partial charge is 0.342 e. The normalized spacial score (nSPS) is 10.9. The van der Waals surface area contributed by atoms with Gasteiger partial charge in [-0.2, -0.15) is 0 Å². The Hall–Kier alpha value is -2.40. The second-order valence-electron chi connectivity index (χ2n) is 5.03. The zero-order valence-corrected chi connectivity index (χ0v) is 12.5. The predicted molar refractivity (Wildman–Crippen MR) is 84.6 cm³/mol. The fourth-order valence-electron chi connectivity index (χ4n) is 2.26. The first-order chi connectivity index (χ1) is 10.5. The van der Waals surface area contributed by atoms with Crippen molar-refractivity contribution in [1.82, 2.24) is 9.97 Å². The lowest BCUT2D eigenvalue weighted by Crippen LogP contribution is -2.14. The minimum absolute atomic E-state index is 0.0212. The molecule has 0 saturated carbocycles. The Morgan fingerprint density at radius 3 is 2.91 bits per heavy atom. The molecule has 4 nitrogen and oxygen atoms in total. The first-order valence-corrected chi connectivity index (χ1v) is 7.09. The maximum atomic E-state index is 13.1.